The third-order valence-corrected chi connectivity index (χ3v) is 6.76. The van der Waals surface area contributed by atoms with Crippen LogP contribution < -0.4 is 9.08 Å². The fourth-order valence-corrected chi connectivity index (χ4v) is 5.02. The average Bonchev–Trinajstić information content (AvgIpc) is 2.92. The molecule has 3 atom stereocenters. The van der Waals surface area contributed by atoms with Crippen LogP contribution in [0.15, 0.2) is 59.5 Å². The molecule has 2 aliphatic rings. The Labute approximate surface area is 164 Å². The van der Waals surface area contributed by atoms with Crippen LogP contribution in [0, 0.1) is 17.8 Å². The molecule has 1 saturated carbocycles. The van der Waals surface area contributed by atoms with Gasteiger partial charge in [-0.05, 0) is 49.4 Å². The molecule has 1 heterocycles. The number of anilines is 1. The van der Waals surface area contributed by atoms with Crippen molar-refractivity contribution in [1.82, 2.24) is 0 Å². The van der Waals surface area contributed by atoms with E-state index in [0.717, 1.165) is 6.42 Å². The summed E-state index contributed by atoms with van der Waals surface area (Å²) in [5, 5.41) is 0. The molecular formula is C21H21NO5S. The summed E-state index contributed by atoms with van der Waals surface area (Å²) in [5.74, 6) is -0.487. The van der Waals surface area contributed by atoms with E-state index in [2.05, 4.69) is 6.92 Å². The minimum absolute atomic E-state index is 0.0359. The van der Waals surface area contributed by atoms with E-state index in [1.54, 1.807) is 30.3 Å². The van der Waals surface area contributed by atoms with Gasteiger partial charge < -0.3 is 4.18 Å². The second kappa shape index (κ2) is 7.05. The molecule has 2 fully saturated rings. The summed E-state index contributed by atoms with van der Waals surface area (Å²) in [6, 6.07) is 13.9. The van der Waals surface area contributed by atoms with Gasteiger partial charge in [-0.3, -0.25) is 9.59 Å². The van der Waals surface area contributed by atoms with Crippen molar-refractivity contribution in [2.24, 2.45) is 17.8 Å². The maximum absolute atomic E-state index is 12.9. The SMILES string of the molecule is C[C@H]1CC[C@H]2C(=O)N(c3cccc(OS(=O)(=O)c4ccccc4)c3)C(=O)[C@@H]2C1. The molecule has 0 N–H and O–H groups in total. The molecule has 28 heavy (non-hydrogen) atoms. The molecular weight excluding hydrogens is 378 g/mol. The van der Waals surface area contributed by atoms with E-state index in [0.29, 0.717) is 24.4 Å². The third kappa shape index (κ3) is 3.30. The summed E-state index contributed by atoms with van der Waals surface area (Å²) in [7, 11) is -4.00. The lowest BCUT2D eigenvalue weighted by Crippen LogP contribution is -2.30. The molecule has 6 nitrogen and oxygen atoms in total. The first-order chi connectivity index (χ1) is 13.4. The van der Waals surface area contributed by atoms with Crippen LogP contribution in [-0.4, -0.2) is 20.2 Å². The van der Waals surface area contributed by atoms with E-state index >= 15 is 0 Å². The molecule has 2 amide bonds. The summed E-state index contributed by atoms with van der Waals surface area (Å²) >= 11 is 0. The van der Waals surface area contributed by atoms with Gasteiger partial charge in [0.2, 0.25) is 11.8 Å². The van der Waals surface area contributed by atoms with Crippen LogP contribution in [0.2, 0.25) is 0 Å². The smallest absolute Gasteiger partial charge is 0.339 e. The first-order valence-electron chi connectivity index (χ1n) is 9.34. The topological polar surface area (TPSA) is 80.8 Å². The van der Waals surface area contributed by atoms with Crippen LogP contribution in [0.4, 0.5) is 5.69 Å². The number of hydrogen-bond donors (Lipinski definition) is 0. The maximum atomic E-state index is 12.9. The van der Waals surface area contributed by atoms with Crippen molar-refractivity contribution >= 4 is 27.6 Å². The van der Waals surface area contributed by atoms with Crippen molar-refractivity contribution in [3.8, 4) is 5.75 Å². The Hall–Kier alpha value is -2.67. The Kier molecular flexibility index (Phi) is 4.71. The fourth-order valence-electron chi connectivity index (χ4n) is 4.08. The van der Waals surface area contributed by atoms with Crippen molar-refractivity contribution in [3.05, 3.63) is 54.6 Å². The summed E-state index contributed by atoms with van der Waals surface area (Å²) in [6.45, 7) is 2.10. The van der Waals surface area contributed by atoms with E-state index in [9.17, 15) is 18.0 Å². The highest BCUT2D eigenvalue weighted by Crippen LogP contribution is 2.42. The molecule has 146 valence electrons. The minimum Gasteiger partial charge on any atom is -0.379 e. The van der Waals surface area contributed by atoms with E-state index < -0.39 is 10.1 Å². The van der Waals surface area contributed by atoms with Gasteiger partial charge in [-0.15, -0.1) is 0 Å². The zero-order chi connectivity index (χ0) is 19.9. The van der Waals surface area contributed by atoms with Crippen molar-refractivity contribution in [1.29, 1.82) is 0 Å². The zero-order valence-electron chi connectivity index (χ0n) is 15.4. The predicted molar refractivity (Wildman–Crippen MR) is 103 cm³/mol. The minimum atomic E-state index is -4.00. The second-order valence-corrected chi connectivity index (χ2v) is 9.04. The fraction of sp³-hybridized carbons (Fsp3) is 0.333. The van der Waals surface area contributed by atoms with Gasteiger partial charge in [-0.1, -0.05) is 31.2 Å². The normalized spacial score (nSPS) is 24.9. The third-order valence-electron chi connectivity index (χ3n) is 5.50. The van der Waals surface area contributed by atoms with Crippen LogP contribution >= 0.6 is 0 Å². The lowest BCUT2D eigenvalue weighted by molar-refractivity contribution is -0.122. The van der Waals surface area contributed by atoms with Gasteiger partial charge in [-0.25, -0.2) is 4.90 Å². The Morgan fingerprint density at radius 2 is 1.64 bits per heavy atom. The first kappa shape index (κ1) is 18.7. The molecule has 1 aliphatic heterocycles. The zero-order valence-corrected chi connectivity index (χ0v) is 16.3. The lowest BCUT2D eigenvalue weighted by Gasteiger charge is -2.25. The van der Waals surface area contributed by atoms with Gasteiger partial charge in [0.05, 0.1) is 17.5 Å². The molecule has 2 aromatic carbocycles. The number of carbonyl (C=O) groups excluding carboxylic acids is 2. The van der Waals surface area contributed by atoms with E-state index in [1.807, 2.05) is 0 Å². The number of imide groups is 1. The highest BCUT2D eigenvalue weighted by atomic mass is 32.2. The van der Waals surface area contributed by atoms with E-state index in [-0.39, 0.29) is 34.3 Å². The van der Waals surface area contributed by atoms with Crippen LogP contribution in [0.25, 0.3) is 0 Å². The number of fused-ring (bicyclic) bond motifs is 1. The summed E-state index contributed by atoms with van der Waals surface area (Å²) in [6.07, 6.45) is 2.36. The first-order valence-corrected chi connectivity index (χ1v) is 10.7. The lowest BCUT2D eigenvalue weighted by atomic mass is 9.76. The number of hydrogen-bond acceptors (Lipinski definition) is 5. The molecule has 0 radical (unpaired) electrons. The monoisotopic (exact) mass is 399 g/mol. The Morgan fingerprint density at radius 3 is 2.39 bits per heavy atom. The Balaban J connectivity index is 1.61. The molecule has 0 bridgehead atoms. The standard InChI is InChI=1S/C21H21NO5S/c1-14-10-11-18-19(12-14)21(24)22(20(18)23)15-6-5-7-16(13-15)27-28(25,26)17-8-3-2-4-9-17/h2-9,13-14,18-19H,10-12H2,1H3/t14-,18+,19+/m0/s1. The molecule has 0 spiro atoms. The van der Waals surface area contributed by atoms with Crippen LogP contribution in [0.3, 0.4) is 0 Å². The van der Waals surface area contributed by atoms with Crippen LogP contribution in [0.5, 0.6) is 5.75 Å². The predicted octanol–water partition coefficient (Wildman–Crippen LogP) is 3.38. The maximum Gasteiger partial charge on any atom is 0.339 e. The van der Waals surface area contributed by atoms with Crippen molar-refractivity contribution in [2.75, 3.05) is 4.90 Å². The average molecular weight is 399 g/mol. The molecule has 1 aliphatic carbocycles. The van der Waals surface area contributed by atoms with Crippen LogP contribution in [-0.2, 0) is 19.7 Å². The van der Waals surface area contributed by atoms with Gasteiger partial charge in [0, 0.05) is 6.07 Å². The molecule has 1 saturated heterocycles. The van der Waals surface area contributed by atoms with Gasteiger partial charge in [0.15, 0.2) is 0 Å². The molecule has 7 heteroatoms. The molecule has 4 rings (SSSR count). The highest BCUT2D eigenvalue weighted by Gasteiger charge is 2.50. The number of amides is 2. The van der Waals surface area contributed by atoms with E-state index in [1.165, 1.54) is 29.2 Å². The largest absolute Gasteiger partial charge is 0.379 e. The number of benzene rings is 2. The number of carbonyl (C=O) groups is 2. The van der Waals surface area contributed by atoms with Crippen molar-refractivity contribution in [2.45, 2.75) is 31.1 Å². The highest BCUT2D eigenvalue weighted by molar-refractivity contribution is 7.87. The van der Waals surface area contributed by atoms with Crippen molar-refractivity contribution in [3.63, 3.8) is 0 Å². The number of nitrogens with zero attached hydrogens (tertiary/aromatic N) is 1. The van der Waals surface area contributed by atoms with Gasteiger partial charge in [0.1, 0.15) is 10.6 Å². The van der Waals surface area contributed by atoms with Gasteiger partial charge in [-0.2, -0.15) is 8.42 Å². The molecule has 0 unspecified atom stereocenters. The quantitative estimate of drug-likeness (QED) is 0.582. The second-order valence-electron chi connectivity index (χ2n) is 7.49. The number of rotatable bonds is 4. The molecule has 0 aromatic heterocycles. The summed E-state index contributed by atoms with van der Waals surface area (Å²) < 4.78 is 30.1. The van der Waals surface area contributed by atoms with Gasteiger partial charge in [0.25, 0.3) is 0 Å². The van der Waals surface area contributed by atoms with Crippen LogP contribution in [0.1, 0.15) is 26.2 Å². The van der Waals surface area contributed by atoms with E-state index in [4.69, 9.17) is 4.18 Å². The Bertz CT molecular complexity index is 1020. The van der Waals surface area contributed by atoms with Crippen molar-refractivity contribution < 1.29 is 22.2 Å². The summed E-state index contributed by atoms with van der Waals surface area (Å²) in [4.78, 5) is 26.9. The molecule has 2 aromatic rings. The summed E-state index contributed by atoms with van der Waals surface area (Å²) in [5.41, 5.74) is 0.345. The Morgan fingerprint density at radius 1 is 0.929 bits per heavy atom. The van der Waals surface area contributed by atoms with Gasteiger partial charge >= 0.3 is 10.1 Å².